The third kappa shape index (κ3) is 3.73. The first-order valence-corrected chi connectivity index (χ1v) is 7.83. The first kappa shape index (κ1) is 15.6. The van der Waals surface area contributed by atoms with Crippen molar-refractivity contribution in [2.24, 2.45) is 0 Å². The number of carbonyl (C=O) groups is 1. The van der Waals surface area contributed by atoms with Crippen molar-refractivity contribution in [1.82, 2.24) is 24.9 Å². The van der Waals surface area contributed by atoms with Crippen molar-refractivity contribution < 1.29 is 9.32 Å². The second-order valence-corrected chi connectivity index (χ2v) is 5.79. The minimum Gasteiger partial charge on any atom is -0.337 e. The van der Waals surface area contributed by atoms with E-state index in [9.17, 15) is 4.79 Å². The molecular formula is C16H21N5O2. The van der Waals surface area contributed by atoms with Crippen LogP contribution in [0.25, 0.3) is 0 Å². The number of aryl methyl sites for hydroxylation is 1. The van der Waals surface area contributed by atoms with Gasteiger partial charge < -0.3 is 9.42 Å². The smallest absolute Gasteiger partial charge is 0.249 e. The maximum Gasteiger partial charge on any atom is 0.249 e. The highest BCUT2D eigenvalue weighted by atomic mass is 16.5. The third-order valence-electron chi connectivity index (χ3n) is 4.10. The molecule has 3 heterocycles. The zero-order valence-electron chi connectivity index (χ0n) is 13.5. The van der Waals surface area contributed by atoms with Crippen LogP contribution in [0.4, 0.5) is 0 Å². The topological polar surface area (TPSA) is 75.4 Å². The quantitative estimate of drug-likeness (QED) is 0.856. The molecule has 3 rings (SSSR count). The van der Waals surface area contributed by atoms with E-state index in [1.165, 1.54) is 0 Å². The first-order valence-electron chi connectivity index (χ1n) is 7.83. The number of aromatic nitrogens is 3. The van der Waals surface area contributed by atoms with Gasteiger partial charge in [-0.3, -0.25) is 14.7 Å². The number of carbonyl (C=O) groups excluding carboxylic acids is 1. The van der Waals surface area contributed by atoms with Gasteiger partial charge in [0.1, 0.15) is 6.04 Å². The molecule has 1 amide bonds. The highest BCUT2D eigenvalue weighted by Gasteiger charge is 2.31. The summed E-state index contributed by atoms with van der Waals surface area (Å²) >= 11 is 0. The Balaban J connectivity index is 1.73. The molecule has 0 radical (unpaired) electrons. The molecule has 122 valence electrons. The molecule has 1 atom stereocenters. The summed E-state index contributed by atoms with van der Waals surface area (Å²) in [4.78, 5) is 24.8. The summed E-state index contributed by atoms with van der Waals surface area (Å²) in [5.74, 6) is 1.15. The largest absolute Gasteiger partial charge is 0.337 e. The highest BCUT2D eigenvalue weighted by molar-refractivity contribution is 5.73. The fourth-order valence-electron chi connectivity index (χ4n) is 2.94. The average Bonchev–Trinajstić information content (AvgIpc) is 2.85. The van der Waals surface area contributed by atoms with Gasteiger partial charge >= 0.3 is 0 Å². The van der Waals surface area contributed by atoms with Crippen molar-refractivity contribution in [3.05, 3.63) is 41.8 Å². The molecule has 1 saturated heterocycles. The van der Waals surface area contributed by atoms with Crippen LogP contribution in [0.2, 0.25) is 0 Å². The SMILES string of the molecule is CC(=O)N1CCN(Cc2ccccn2)CCC1c1nc(C)no1. The summed E-state index contributed by atoms with van der Waals surface area (Å²) < 4.78 is 5.31. The van der Waals surface area contributed by atoms with E-state index in [0.717, 1.165) is 31.7 Å². The van der Waals surface area contributed by atoms with E-state index >= 15 is 0 Å². The molecule has 0 N–H and O–H groups in total. The van der Waals surface area contributed by atoms with Crippen molar-refractivity contribution in [3.63, 3.8) is 0 Å². The monoisotopic (exact) mass is 315 g/mol. The summed E-state index contributed by atoms with van der Waals surface area (Å²) in [5, 5.41) is 3.86. The van der Waals surface area contributed by atoms with Gasteiger partial charge in [0.2, 0.25) is 11.8 Å². The van der Waals surface area contributed by atoms with E-state index in [1.54, 1.807) is 20.0 Å². The van der Waals surface area contributed by atoms with Crippen LogP contribution in [0.5, 0.6) is 0 Å². The number of hydrogen-bond donors (Lipinski definition) is 0. The molecule has 7 nitrogen and oxygen atoms in total. The van der Waals surface area contributed by atoms with Crippen molar-refractivity contribution in [2.45, 2.75) is 32.9 Å². The maximum atomic E-state index is 12.0. The lowest BCUT2D eigenvalue weighted by Gasteiger charge is -2.25. The molecule has 2 aromatic heterocycles. The molecule has 0 aliphatic carbocycles. The van der Waals surface area contributed by atoms with Gasteiger partial charge in [0.15, 0.2) is 5.82 Å². The molecule has 1 aliphatic heterocycles. The number of pyridine rings is 1. The minimum atomic E-state index is -0.151. The molecule has 1 unspecified atom stereocenters. The summed E-state index contributed by atoms with van der Waals surface area (Å²) in [6, 6.07) is 5.78. The van der Waals surface area contributed by atoms with Gasteiger partial charge in [0.25, 0.3) is 0 Å². The number of nitrogens with zero attached hydrogens (tertiary/aromatic N) is 5. The lowest BCUT2D eigenvalue weighted by Crippen LogP contribution is -2.35. The molecule has 23 heavy (non-hydrogen) atoms. The standard InChI is InChI=1S/C16H21N5O2/c1-12-18-16(23-19-12)15-6-8-20(9-10-21(15)13(2)22)11-14-5-3-4-7-17-14/h3-5,7,15H,6,8-11H2,1-2H3. The van der Waals surface area contributed by atoms with Crippen LogP contribution < -0.4 is 0 Å². The summed E-state index contributed by atoms with van der Waals surface area (Å²) in [6.07, 6.45) is 2.58. The fraction of sp³-hybridized carbons (Fsp3) is 0.500. The van der Waals surface area contributed by atoms with Crippen LogP contribution in [0.15, 0.2) is 28.9 Å². The zero-order chi connectivity index (χ0) is 16.2. The molecule has 0 saturated carbocycles. The minimum absolute atomic E-state index is 0.0329. The Morgan fingerprint density at radius 3 is 2.87 bits per heavy atom. The van der Waals surface area contributed by atoms with Gasteiger partial charge in [-0.2, -0.15) is 4.98 Å². The van der Waals surface area contributed by atoms with Crippen LogP contribution in [-0.2, 0) is 11.3 Å². The van der Waals surface area contributed by atoms with E-state index < -0.39 is 0 Å². The Kier molecular flexibility index (Phi) is 4.66. The third-order valence-corrected chi connectivity index (χ3v) is 4.10. The van der Waals surface area contributed by atoms with E-state index in [1.807, 2.05) is 23.1 Å². The van der Waals surface area contributed by atoms with Crippen molar-refractivity contribution in [3.8, 4) is 0 Å². The van der Waals surface area contributed by atoms with Gasteiger partial charge in [0, 0.05) is 39.3 Å². The summed E-state index contributed by atoms with van der Waals surface area (Å²) in [7, 11) is 0. The van der Waals surface area contributed by atoms with Crippen molar-refractivity contribution in [1.29, 1.82) is 0 Å². The van der Waals surface area contributed by atoms with Gasteiger partial charge in [0.05, 0.1) is 5.69 Å². The van der Waals surface area contributed by atoms with Crippen LogP contribution in [0, 0.1) is 6.92 Å². The van der Waals surface area contributed by atoms with Crippen LogP contribution in [-0.4, -0.2) is 50.5 Å². The molecule has 2 aromatic rings. The van der Waals surface area contributed by atoms with E-state index in [4.69, 9.17) is 4.52 Å². The lowest BCUT2D eigenvalue weighted by molar-refractivity contribution is -0.131. The van der Waals surface area contributed by atoms with Gasteiger partial charge in [-0.05, 0) is 25.5 Å². The van der Waals surface area contributed by atoms with Crippen molar-refractivity contribution in [2.75, 3.05) is 19.6 Å². The molecule has 1 aliphatic rings. The van der Waals surface area contributed by atoms with Crippen molar-refractivity contribution >= 4 is 5.91 Å². The second kappa shape index (κ2) is 6.87. The second-order valence-electron chi connectivity index (χ2n) is 5.79. The first-order chi connectivity index (χ1) is 11.1. The van der Waals surface area contributed by atoms with E-state index in [-0.39, 0.29) is 11.9 Å². The summed E-state index contributed by atoms with van der Waals surface area (Å²) in [6.45, 7) is 6.46. The zero-order valence-corrected chi connectivity index (χ0v) is 13.5. The molecule has 0 spiro atoms. The van der Waals surface area contributed by atoms with Gasteiger partial charge in [-0.25, -0.2) is 0 Å². The predicted molar refractivity (Wildman–Crippen MR) is 83.3 cm³/mol. The fourth-order valence-corrected chi connectivity index (χ4v) is 2.94. The number of amides is 1. The Bertz CT molecular complexity index is 658. The highest BCUT2D eigenvalue weighted by Crippen LogP contribution is 2.26. The van der Waals surface area contributed by atoms with Crippen LogP contribution in [0.3, 0.4) is 0 Å². The number of rotatable bonds is 3. The maximum absolute atomic E-state index is 12.0. The van der Waals surface area contributed by atoms with E-state index in [0.29, 0.717) is 18.3 Å². The van der Waals surface area contributed by atoms with Gasteiger partial charge in [-0.1, -0.05) is 11.2 Å². The lowest BCUT2D eigenvalue weighted by atomic mass is 10.1. The molecule has 0 bridgehead atoms. The normalized spacial score (nSPS) is 19.6. The van der Waals surface area contributed by atoms with Crippen LogP contribution >= 0.6 is 0 Å². The average molecular weight is 315 g/mol. The Morgan fingerprint density at radius 1 is 1.35 bits per heavy atom. The molecular weight excluding hydrogens is 294 g/mol. The molecule has 1 fully saturated rings. The van der Waals surface area contributed by atoms with Crippen LogP contribution in [0.1, 0.15) is 36.8 Å². The Morgan fingerprint density at radius 2 is 2.22 bits per heavy atom. The molecule has 0 aromatic carbocycles. The Labute approximate surface area is 135 Å². The number of hydrogen-bond acceptors (Lipinski definition) is 6. The Hall–Kier alpha value is -2.28. The predicted octanol–water partition coefficient (Wildman–Crippen LogP) is 1.57. The molecule has 7 heteroatoms. The van der Waals surface area contributed by atoms with Gasteiger partial charge in [-0.15, -0.1) is 0 Å². The summed E-state index contributed by atoms with van der Waals surface area (Å²) in [5.41, 5.74) is 1.04. The van der Waals surface area contributed by atoms with E-state index in [2.05, 4.69) is 20.0 Å².